The second-order valence-corrected chi connectivity index (χ2v) is 4.80. The molecule has 5 nitrogen and oxygen atoms in total. The number of halogens is 1. The van der Waals surface area contributed by atoms with Crippen LogP contribution in [0.2, 0.25) is 5.15 Å². The van der Waals surface area contributed by atoms with Crippen molar-refractivity contribution in [3.05, 3.63) is 68.1 Å². The van der Waals surface area contributed by atoms with Gasteiger partial charge in [0.25, 0.3) is 5.56 Å². The number of hydrogen-bond acceptors (Lipinski definition) is 3. The Balaban J connectivity index is 2.45. The lowest BCUT2D eigenvalue weighted by Crippen LogP contribution is -2.33. The van der Waals surface area contributed by atoms with Gasteiger partial charge in [-0.05, 0) is 19.1 Å². The number of nitrogens with one attached hydrogen (secondary N) is 1. The summed E-state index contributed by atoms with van der Waals surface area (Å²) in [6, 6.07) is 10.3. The first-order valence-corrected chi connectivity index (χ1v) is 6.33. The van der Waals surface area contributed by atoms with Crippen molar-refractivity contribution in [2.75, 3.05) is 0 Å². The third-order valence-electron chi connectivity index (χ3n) is 2.98. The number of rotatable bonds is 1. The molecule has 0 fully saturated rings. The number of fused-ring (bicyclic) bond motifs is 1. The van der Waals surface area contributed by atoms with Crippen LogP contribution in [0.5, 0.6) is 0 Å². The SMILES string of the molecule is Cc1ccc2cccc(-n3c(=O)cc(Cl)[nH]c3=O)c2n1. The lowest BCUT2D eigenvalue weighted by atomic mass is 10.1. The molecule has 0 saturated carbocycles. The van der Waals surface area contributed by atoms with Gasteiger partial charge in [0.1, 0.15) is 5.15 Å². The number of aromatic amines is 1. The molecule has 1 N–H and O–H groups in total. The molecule has 100 valence electrons. The molecule has 0 saturated heterocycles. The number of hydrogen-bond donors (Lipinski definition) is 1. The van der Waals surface area contributed by atoms with Gasteiger partial charge in [-0.15, -0.1) is 0 Å². The summed E-state index contributed by atoms with van der Waals surface area (Å²) >= 11 is 5.67. The monoisotopic (exact) mass is 287 g/mol. The second kappa shape index (κ2) is 4.61. The van der Waals surface area contributed by atoms with Crippen LogP contribution in [0.1, 0.15) is 5.69 Å². The zero-order valence-electron chi connectivity index (χ0n) is 10.6. The van der Waals surface area contributed by atoms with Crippen LogP contribution in [0.3, 0.4) is 0 Å². The van der Waals surface area contributed by atoms with Gasteiger partial charge in [0.2, 0.25) is 0 Å². The van der Waals surface area contributed by atoms with E-state index in [4.69, 9.17) is 11.6 Å². The summed E-state index contributed by atoms with van der Waals surface area (Å²) < 4.78 is 1.03. The second-order valence-electron chi connectivity index (χ2n) is 4.40. The van der Waals surface area contributed by atoms with E-state index in [9.17, 15) is 9.59 Å². The van der Waals surface area contributed by atoms with Crippen LogP contribution in [0.25, 0.3) is 16.6 Å². The van der Waals surface area contributed by atoms with Crippen molar-refractivity contribution >= 4 is 22.5 Å². The van der Waals surface area contributed by atoms with Gasteiger partial charge in [-0.1, -0.05) is 29.8 Å². The van der Waals surface area contributed by atoms with E-state index in [1.54, 1.807) is 12.1 Å². The van der Waals surface area contributed by atoms with Crippen LogP contribution in [-0.2, 0) is 0 Å². The van der Waals surface area contributed by atoms with E-state index in [-0.39, 0.29) is 5.15 Å². The molecule has 0 atom stereocenters. The van der Waals surface area contributed by atoms with E-state index in [0.29, 0.717) is 11.2 Å². The van der Waals surface area contributed by atoms with Gasteiger partial charge in [-0.3, -0.25) is 14.8 Å². The van der Waals surface area contributed by atoms with E-state index in [2.05, 4.69) is 9.97 Å². The largest absolute Gasteiger partial charge is 0.334 e. The fraction of sp³-hybridized carbons (Fsp3) is 0.0714. The quantitative estimate of drug-likeness (QED) is 0.696. The fourth-order valence-corrected chi connectivity index (χ4v) is 2.28. The third kappa shape index (κ3) is 2.02. The summed E-state index contributed by atoms with van der Waals surface area (Å²) in [5.74, 6) is 0. The molecule has 0 spiro atoms. The minimum absolute atomic E-state index is 0.0145. The predicted molar refractivity (Wildman–Crippen MR) is 77.7 cm³/mol. The first-order chi connectivity index (χ1) is 9.56. The summed E-state index contributed by atoms with van der Waals surface area (Å²) in [5.41, 5.74) is 0.771. The third-order valence-corrected chi connectivity index (χ3v) is 3.18. The number of pyridine rings is 1. The topological polar surface area (TPSA) is 67.8 Å². The first-order valence-electron chi connectivity index (χ1n) is 5.95. The number of benzene rings is 1. The maximum Gasteiger partial charge on any atom is 0.334 e. The van der Waals surface area contributed by atoms with Crippen LogP contribution in [0.15, 0.2) is 46.0 Å². The molecule has 6 heteroatoms. The maximum absolute atomic E-state index is 12.0. The highest BCUT2D eigenvalue weighted by atomic mass is 35.5. The zero-order chi connectivity index (χ0) is 14.3. The number of para-hydroxylation sites is 1. The Morgan fingerprint density at radius 3 is 2.75 bits per heavy atom. The van der Waals surface area contributed by atoms with Crippen molar-refractivity contribution in [1.29, 1.82) is 0 Å². The summed E-state index contributed by atoms with van der Waals surface area (Å²) in [4.78, 5) is 30.8. The summed E-state index contributed by atoms with van der Waals surface area (Å²) in [6.07, 6.45) is 0. The Hall–Kier alpha value is -2.40. The molecule has 3 aromatic rings. The Morgan fingerprint density at radius 2 is 2.00 bits per heavy atom. The molecule has 0 aliphatic heterocycles. The van der Waals surface area contributed by atoms with E-state index in [1.165, 1.54) is 0 Å². The van der Waals surface area contributed by atoms with E-state index >= 15 is 0 Å². The molecule has 2 aromatic heterocycles. The Kier molecular flexibility index (Phi) is 2.91. The molecule has 0 radical (unpaired) electrons. The van der Waals surface area contributed by atoms with Crippen molar-refractivity contribution in [1.82, 2.24) is 14.5 Å². The van der Waals surface area contributed by atoms with E-state index < -0.39 is 11.2 Å². The highest BCUT2D eigenvalue weighted by Crippen LogP contribution is 2.18. The number of nitrogens with zero attached hydrogens (tertiary/aromatic N) is 2. The average molecular weight is 288 g/mol. The van der Waals surface area contributed by atoms with Gasteiger partial charge in [0, 0.05) is 17.1 Å². The van der Waals surface area contributed by atoms with Gasteiger partial charge in [0.05, 0.1) is 11.2 Å². The van der Waals surface area contributed by atoms with Crippen molar-refractivity contribution in [3.8, 4) is 5.69 Å². The smallest absolute Gasteiger partial charge is 0.297 e. The molecule has 2 heterocycles. The van der Waals surface area contributed by atoms with Crippen molar-refractivity contribution in [2.24, 2.45) is 0 Å². The highest BCUT2D eigenvalue weighted by Gasteiger charge is 2.10. The van der Waals surface area contributed by atoms with Crippen molar-refractivity contribution in [2.45, 2.75) is 6.92 Å². The minimum Gasteiger partial charge on any atom is -0.297 e. The number of aryl methyl sites for hydroxylation is 1. The molecule has 0 amide bonds. The van der Waals surface area contributed by atoms with Gasteiger partial charge < -0.3 is 0 Å². The molecule has 3 rings (SSSR count). The van der Waals surface area contributed by atoms with Crippen LogP contribution in [-0.4, -0.2) is 14.5 Å². The molecule has 0 unspecified atom stereocenters. The van der Waals surface area contributed by atoms with Crippen LogP contribution < -0.4 is 11.2 Å². The summed E-state index contributed by atoms with van der Waals surface area (Å²) in [6.45, 7) is 1.85. The standard InChI is InChI=1S/C14H10ClN3O2/c1-8-5-6-9-3-2-4-10(13(9)16-8)18-12(19)7-11(15)17-14(18)20/h2-7H,1H3,(H,17,20). The number of H-pyrrole nitrogens is 1. The molecule has 0 aliphatic carbocycles. The Bertz CT molecular complexity index is 896. The Labute approximate surface area is 118 Å². The van der Waals surface area contributed by atoms with Gasteiger partial charge in [-0.2, -0.15) is 0 Å². The minimum atomic E-state index is -0.585. The molecule has 0 aliphatic rings. The van der Waals surface area contributed by atoms with Gasteiger partial charge >= 0.3 is 5.69 Å². The first kappa shape index (κ1) is 12.6. The number of aromatic nitrogens is 3. The van der Waals surface area contributed by atoms with Crippen LogP contribution >= 0.6 is 11.6 Å². The highest BCUT2D eigenvalue weighted by molar-refractivity contribution is 6.29. The molecular weight excluding hydrogens is 278 g/mol. The molecule has 1 aromatic carbocycles. The van der Waals surface area contributed by atoms with Gasteiger partial charge in [-0.25, -0.2) is 9.36 Å². The van der Waals surface area contributed by atoms with Crippen molar-refractivity contribution in [3.63, 3.8) is 0 Å². The normalized spacial score (nSPS) is 10.9. The van der Waals surface area contributed by atoms with Gasteiger partial charge in [0.15, 0.2) is 0 Å². The van der Waals surface area contributed by atoms with Crippen LogP contribution in [0, 0.1) is 6.92 Å². The summed E-state index contributed by atoms with van der Waals surface area (Å²) in [7, 11) is 0. The molecular formula is C14H10ClN3O2. The lowest BCUT2D eigenvalue weighted by molar-refractivity contribution is 0.879. The lowest BCUT2D eigenvalue weighted by Gasteiger charge is -2.08. The van der Waals surface area contributed by atoms with Crippen molar-refractivity contribution < 1.29 is 0 Å². The average Bonchev–Trinajstić information content (AvgIpc) is 2.38. The van der Waals surface area contributed by atoms with E-state index in [1.807, 2.05) is 25.1 Å². The Morgan fingerprint density at radius 1 is 1.20 bits per heavy atom. The predicted octanol–water partition coefficient (Wildman–Crippen LogP) is 2.04. The van der Waals surface area contributed by atoms with E-state index in [0.717, 1.165) is 21.7 Å². The molecule has 20 heavy (non-hydrogen) atoms. The maximum atomic E-state index is 12.0. The zero-order valence-corrected chi connectivity index (χ0v) is 11.3. The van der Waals surface area contributed by atoms with Crippen LogP contribution in [0.4, 0.5) is 0 Å². The summed E-state index contributed by atoms with van der Waals surface area (Å²) in [5, 5.41) is 0.870. The fourth-order valence-electron chi connectivity index (χ4n) is 2.10. The molecule has 0 bridgehead atoms.